The molecule has 1 aliphatic rings. The Morgan fingerprint density at radius 1 is 1.50 bits per heavy atom. The average Bonchev–Trinajstić information content (AvgIpc) is 3.02. The van der Waals surface area contributed by atoms with Gasteiger partial charge in [-0.3, -0.25) is 0 Å². The normalized spacial score (nSPS) is 20.6. The van der Waals surface area contributed by atoms with Gasteiger partial charge in [0, 0.05) is 24.8 Å². The highest BCUT2D eigenvalue weighted by molar-refractivity contribution is 6.31. The van der Waals surface area contributed by atoms with Crippen LogP contribution < -0.4 is 0 Å². The predicted octanol–water partition coefficient (Wildman–Crippen LogP) is 4.42. The van der Waals surface area contributed by atoms with Gasteiger partial charge in [-0.2, -0.15) is 0 Å². The van der Waals surface area contributed by atoms with Crippen molar-refractivity contribution in [3.63, 3.8) is 0 Å². The second-order valence-corrected chi connectivity index (χ2v) is 6.48. The molecule has 5 heteroatoms. The van der Waals surface area contributed by atoms with E-state index in [1.807, 2.05) is 25.1 Å². The minimum Gasteiger partial charge on any atom is -0.381 e. The van der Waals surface area contributed by atoms with Crippen LogP contribution >= 0.6 is 23.2 Å². The Labute approximate surface area is 128 Å². The van der Waals surface area contributed by atoms with E-state index in [1.54, 1.807) is 0 Å². The van der Waals surface area contributed by atoms with Crippen LogP contribution in [0.25, 0.3) is 11.0 Å². The second kappa shape index (κ2) is 5.92. The topological polar surface area (TPSA) is 27.1 Å². The van der Waals surface area contributed by atoms with Crippen LogP contribution in [0.3, 0.4) is 0 Å². The molecule has 2 atom stereocenters. The van der Waals surface area contributed by atoms with E-state index in [9.17, 15) is 0 Å². The first-order chi connectivity index (χ1) is 9.65. The van der Waals surface area contributed by atoms with E-state index in [4.69, 9.17) is 27.9 Å². The van der Waals surface area contributed by atoms with Crippen LogP contribution in [-0.2, 0) is 11.3 Å². The molecule has 3 rings (SSSR count). The number of benzene rings is 1. The third-order valence-electron chi connectivity index (χ3n) is 3.88. The Morgan fingerprint density at radius 2 is 2.35 bits per heavy atom. The smallest absolute Gasteiger partial charge is 0.127 e. The molecule has 1 saturated heterocycles. The van der Waals surface area contributed by atoms with Crippen LogP contribution in [0.15, 0.2) is 18.2 Å². The second-order valence-electron chi connectivity index (χ2n) is 5.39. The number of alkyl halides is 1. The molecule has 0 aliphatic carbocycles. The highest BCUT2D eigenvalue weighted by atomic mass is 35.5. The van der Waals surface area contributed by atoms with Gasteiger partial charge in [0.05, 0.1) is 16.4 Å². The number of ether oxygens (including phenoxy) is 1. The molecule has 2 aromatic rings. The predicted molar refractivity (Wildman–Crippen MR) is 82.6 cm³/mol. The zero-order valence-corrected chi connectivity index (χ0v) is 13.0. The summed E-state index contributed by atoms with van der Waals surface area (Å²) in [6, 6.07) is 5.83. The van der Waals surface area contributed by atoms with Gasteiger partial charge in [0.2, 0.25) is 0 Å². The van der Waals surface area contributed by atoms with Crippen molar-refractivity contribution < 1.29 is 4.74 Å². The molecule has 0 bridgehead atoms. The summed E-state index contributed by atoms with van der Waals surface area (Å²) in [6.45, 7) is 4.66. The molecule has 20 heavy (non-hydrogen) atoms. The van der Waals surface area contributed by atoms with Crippen molar-refractivity contribution >= 4 is 34.2 Å². The SMILES string of the molecule is CC(Cl)c1nc2cc(Cl)ccc2n1CCC1CCOC1. The lowest BCUT2D eigenvalue weighted by atomic mass is 10.1. The quantitative estimate of drug-likeness (QED) is 0.782. The number of nitrogens with zero attached hydrogens (tertiary/aromatic N) is 2. The highest BCUT2D eigenvalue weighted by Crippen LogP contribution is 2.28. The van der Waals surface area contributed by atoms with Crippen molar-refractivity contribution in [1.82, 2.24) is 9.55 Å². The first-order valence-electron chi connectivity index (χ1n) is 7.02. The lowest BCUT2D eigenvalue weighted by Crippen LogP contribution is -2.09. The Hall–Kier alpha value is -0.770. The van der Waals surface area contributed by atoms with E-state index in [1.165, 1.54) is 0 Å². The standard InChI is InChI=1S/C15H18Cl2N2O/c1-10(16)15-18-13-8-12(17)2-3-14(13)19(15)6-4-11-5-7-20-9-11/h2-3,8,10-11H,4-7,9H2,1H3. The van der Waals surface area contributed by atoms with Crippen LogP contribution in [-0.4, -0.2) is 22.8 Å². The summed E-state index contributed by atoms with van der Waals surface area (Å²) in [5, 5.41) is 0.598. The van der Waals surface area contributed by atoms with E-state index in [0.717, 1.165) is 49.5 Å². The van der Waals surface area contributed by atoms with E-state index in [0.29, 0.717) is 10.9 Å². The van der Waals surface area contributed by atoms with E-state index < -0.39 is 0 Å². The number of fused-ring (bicyclic) bond motifs is 1. The van der Waals surface area contributed by atoms with Crippen molar-refractivity contribution in [2.45, 2.75) is 31.7 Å². The number of rotatable bonds is 4. The molecule has 1 aromatic heterocycles. The number of aromatic nitrogens is 2. The maximum atomic E-state index is 6.27. The van der Waals surface area contributed by atoms with Gasteiger partial charge in [0.25, 0.3) is 0 Å². The minimum atomic E-state index is -0.110. The zero-order chi connectivity index (χ0) is 14.1. The van der Waals surface area contributed by atoms with Gasteiger partial charge in [-0.25, -0.2) is 4.98 Å². The Balaban J connectivity index is 1.91. The van der Waals surface area contributed by atoms with Gasteiger partial charge in [-0.05, 0) is 43.9 Å². The number of hydrogen-bond donors (Lipinski definition) is 0. The molecule has 2 heterocycles. The van der Waals surface area contributed by atoms with Gasteiger partial charge in [-0.1, -0.05) is 11.6 Å². The maximum Gasteiger partial charge on any atom is 0.127 e. The first kappa shape index (κ1) is 14.2. The Morgan fingerprint density at radius 3 is 3.05 bits per heavy atom. The Bertz CT molecular complexity index is 603. The fraction of sp³-hybridized carbons (Fsp3) is 0.533. The fourth-order valence-corrected chi connectivity index (χ4v) is 3.12. The maximum absolute atomic E-state index is 6.27. The van der Waals surface area contributed by atoms with E-state index in [2.05, 4.69) is 9.55 Å². The van der Waals surface area contributed by atoms with Gasteiger partial charge in [0.1, 0.15) is 5.82 Å². The molecule has 3 nitrogen and oxygen atoms in total. The minimum absolute atomic E-state index is 0.110. The molecule has 1 aromatic carbocycles. The van der Waals surface area contributed by atoms with Crippen LogP contribution in [0.2, 0.25) is 5.02 Å². The van der Waals surface area contributed by atoms with E-state index in [-0.39, 0.29) is 5.38 Å². The van der Waals surface area contributed by atoms with Gasteiger partial charge >= 0.3 is 0 Å². The van der Waals surface area contributed by atoms with Crippen LogP contribution in [0.1, 0.15) is 31.0 Å². The van der Waals surface area contributed by atoms with Gasteiger partial charge in [-0.15, -0.1) is 11.6 Å². The largest absolute Gasteiger partial charge is 0.381 e. The van der Waals surface area contributed by atoms with Crippen molar-refractivity contribution in [2.24, 2.45) is 5.92 Å². The molecule has 1 aliphatic heterocycles. The molecule has 0 spiro atoms. The Kier molecular flexibility index (Phi) is 4.20. The summed E-state index contributed by atoms with van der Waals surface area (Å²) in [5.74, 6) is 1.57. The fourth-order valence-electron chi connectivity index (χ4n) is 2.78. The molecule has 1 fully saturated rings. The molecule has 2 unspecified atom stereocenters. The van der Waals surface area contributed by atoms with Crippen molar-refractivity contribution in [1.29, 1.82) is 0 Å². The van der Waals surface area contributed by atoms with Crippen molar-refractivity contribution in [3.05, 3.63) is 29.0 Å². The van der Waals surface area contributed by atoms with Crippen LogP contribution in [0, 0.1) is 5.92 Å². The van der Waals surface area contributed by atoms with Crippen molar-refractivity contribution in [2.75, 3.05) is 13.2 Å². The van der Waals surface area contributed by atoms with E-state index >= 15 is 0 Å². The third-order valence-corrected chi connectivity index (χ3v) is 4.31. The molecular formula is C15H18Cl2N2O. The third kappa shape index (κ3) is 2.80. The molecule has 0 N–H and O–H groups in total. The summed E-state index contributed by atoms with van der Waals surface area (Å²) in [4.78, 5) is 4.63. The zero-order valence-electron chi connectivity index (χ0n) is 11.5. The average molecular weight is 313 g/mol. The molecular weight excluding hydrogens is 295 g/mol. The summed E-state index contributed by atoms with van der Waals surface area (Å²) < 4.78 is 7.66. The van der Waals surface area contributed by atoms with Crippen LogP contribution in [0.5, 0.6) is 0 Å². The summed E-state index contributed by atoms with van der Waals surface area (Å²) in [7, 11) is 0. The molecule has 0 radical (unpaired) electrons. The lowest BCUT2D eigenvalue weighted by molar-refractivity contribution is 0.183. The molecule has 108 valence electrons. The lowest BCUT2D eigenvalue weighted by Gasteiger charge is -2.13. The number of hydrogen-bond acceptors (Lipinski definition) is 2. The summed E-state index contributed by atoms with van der Waals surface area (Å²) in [6.07, 6.45) is 2.26. The molecule has 0 amide bonds. The first-order valence-corrected chi connectivity index (χ1v) is 7.84. The summed E-state index contributed by atoms with van der Waals surface area (Å²) in [5.41, 5.74) is 2.03. The highest BCUT2D eigenvalue weighted by Gasteiger charge is 2.19. The van der Waals surface area contributed by atoms with Crippen molar-refractivity contribution in [3.8, 4) is 0 Å². The van der Waals surface area contributed by atoms with Crippen LogP contribution in [0.4, 0.5) is 0 Å². The monoisotopic (exact) mass is 312 g/mol. The number of aryl methyl sites for hydroxylation is 1. The summed E-state index contributed by atoms with van der Waals surface area (Å²) >= 11 is 12.3. The number of imidazole rings is 1. The van der Waals surface area contributed by atoms with Gasteiger partial charge in [0.15, 0.2) is 0 Å². The number of halogens is 2. The van der Waals surface area contributed by atoms with Gasteiger partial charge < -0.3 is 9.30 Å². The molecule has 0 saturated carbocycles.